The number of unbranched alkanes of at least 4 members (excludes halogenated alkanes) is 1. The van der Waals surface area contributed by atoms with Gasteiger partial charge in [0.25, 0.3) is 0 Å². The first-order valence-electron chi connectivity index (χ1n) is 10.00. The standard InChI is InChI=1S/C21H34O5/c1-2-3-4-7-16(22)10-12-17-18-11-9-15(6-5-8-21(24)25)14-26-20(18)13-19(17)23/h2,10,12,15-20,22-23H,1,3-9,11,13-14H2,(H,24,25)/b12-10+/t15-,16-,17+,18+,19+,20-/m0/s1. The first-order valence-corrected chi connectivity index (χ1v) is 10.00. The van der Waals surface area contributed by atoms with Crippen LogP contribution in [-0.4, -0.2) is 46.2 Å². The summed E-state index contributed by atoms with van der Waals surface area (Å²) in [7, 11) is 0. The normalized spacial score (nSPS) is 32.9. The zero-order valence-corrected chi connectivity index (χ0v) is 15.6. The van der Waals surface area contributed by atoms with Gasteiger partial charge in [0.2, 0.25) is 0 Å². The number of aliphatic hydroxyl groups is 2. The zero-order valence-electron chi connectivity index (χ0n) is 15.6. The summed E-state index contributed by atoms with van der Waals surface area (Å²) < 4.78 is 6.07. The smallest absolute Gasteiger partial charge is 0.303 e. The molecule has 1 aliphatic carbocycles. The predicted octanol–water partition coefficient (Wildman–Crippen LogP) is 3.31. The number of carbonyl (C=O) groups is 1. The van der Waals surface area contributed by atoms with Gasteiger partial charge >= 0.3 is 5.97 Å². The maximum atomic E-state index is 10.7. The average Bonchev–Trinajstić information content (AvgIpc) is 2.75. The van der Waals surface area contributed by atoms with Crippen LogP contribution >= 0.6 is 0 Å². The van der Waals surface area contributed by atoms with E-state index in [1.807, 2.05) is 18.2 Å². The Kier molecular flexibility index (Phi) is 8.82. The molecule has 2 rings (SSSR count). The highest BCUT2D eigenvalue weighted by atomic mass is 16.5. The summed E-state index contributed by atoms with van der Waals surface area (Å²) in [6.07, 6.45) is 11.8. The fraction of sp³-hybridized carbons (Fsp3) is 0.762. The number of ether oxygens (including phenoxy) is 1. The molecule has 3 N–H and O–H groups in total. The van der Waals surface area contributed by atoms with Crippen LogP contribution in [0.25, 0.3) is 0 Å². The molecule has 1 saturated carbocycles. The number of hydrogen-bond donors (Lipinski definition) is 3. The molecule has 0 aromatic rings. The monoisotopic (exact) mass is 366 g/mol. The molecule has 1 saturated heterocycles. The lowest BCUT2D eigenvalue weighted by molar-refractivity contribution is -0.137. The van der Waals surface area contributed by atoms with Gasteiger partial charge < -0.3 is 20.1 Å². The highest BCUT2D eigenvalue weighted by molar-refractivity contribution is 5.66. The quantitative estimate of drug-likeness (QED) is 0.408. The van der Waals surface area contributed by atoms with Crippen molar-refractivity contribution >= 4 is 5.97 Å². The van der Waals surface area contributed by atoms with Crippen molar-refractivity contribution in [3.63, 3.8) is 0 Å². The molecule has 0 bridgehead atoms. The Morgan fingerprint density at radius 2 is 2.12 bits per heavy atom. The largest absolute Gasteiger partial charge is 0.481 e. The number of aliphatic carboxylic acids is 1. The third-order valence-corrected chi connectivity index (χ3v) is 5.81. The van der Waals surface area contributed by atoms with E-state index in [0.29, 0.717) is 31.8 Å². The Hall–Kier alpha value is -1.17. The molecule has 0 radical (unpaired) electrons. The molecule has 2 aliphatic rings. The molecule has 0 aromatic carbocycles. The van der Waals surface area contributed by atoms with E-state index in [2.05, 4.69) is 6.58 Å². The van der Waals surface area contributed by atoms with Gasteiger partial charge in [-0.05, 0) is 56.8 Å². The van der Waals surface area contributed by atoms with E-state index in [9.17, 15) is 15.0 Å². The Labute approximate surface area is 156 Å². The van der Waals surface area contributed by atoms with Gasteiger partial charge in [-0.1, -0.05) is 18.2 Å². The van der Waals surface area contributed by atoms with Crippen LogP contribution in [0.3, 0.4) is 0 Å². The molecule has 0 amide bonds. The van der Waals surface area contributed by atoms with Gasteiger partial charge in [-0.15, -0.1) is 6.58 Å². The SMILES string of the molecule is C=CCCC[C@H](O)/C=C/[C@@H]1[C@H]2CC[C@H](CCCC(=O)O)CO[C@H]2C[C@H]1O. The third-order valence-electron chi connectivity index (χ3n) is 5.81. The van der Waals surface area contributed by atoms with E-state index in [1.165, 1.54) is 0 Å². The molecule has 0 aromatic heterocycles. The lowest BCUT2D eigenvalue weighted by Gasteiger charge is -2.21. The number of fused-ring (bicyclic) bond motifs is 1. The van der Waals surface area contributed by atoms with E-state index >= 15 is 0 Å². The summed E-state index contributed by atoms with van der Waals surface area (Å²) in [5, 5.41) is 29.3. The van der Waals surface area contributed by atoms with Gasteiger partial charge in [0.1, 0.15) is 0 Å². The Morgan fingerprint density at radius 3 is 2.85 bits per heavy atom. The average molecular weight is 366 g/mol. The molecule has 0 unspecified atom stereocenters. The molecule has 2 fully saturated rings. The van der Waals surface area contributed by atoms with Gasteiger partial charge in [0, 0.05) is 25.4 Å². The number of allylic oxidation sites excluding steroid dienone is 1. The maximum Gasteiger partial charge on any atom is 0.303 e. The minimum absolute atomic E-state index is 0.0341. The van der Waals surface area contributed by atoms with Gasteiger partial charge in [-0.2, -0.15) is 0 Å². The second kappa shape index (κ2) is 10.9. The van der Waals surface area contributed by atoms with Crippen molar-refractivity contribution in [3.8, 4) is 0 Å². The van der Waals surface area contributed by atoms with Crippen molar-refractivity contribution in [1.29, 1.82) is 0 Å². The van der Waals surface area contributed by atoms with E-state index in [4.69, 9.17) is 9.84 Å². The number of carboxylic acid groups (broad SMARTS) is 1. The predicted molar refractivity (Wildman–Crippen MR) is 101 cm³/mol. The number of hydrogen-bond acceptors (Lipinski definition) is 4. The van der Waals surface area contributed by atoms with E-state index in [-0.39, 0.29) is 24.4 Å². The van der Waals surface area contributed by atoms with Crippen LogP contribution in [0.4, 0.5) is 0 Å². The summed E-state index contributed by atoms with van der Waals surface area (Å²) in [5.74, 6) is -0.0134. The number of carboxylic acids is 1. The molecule has 6 atom stereocenters. The highest BCUT2D eigenvalue weighted by Crippen LogP contribution is 2.42. The number of rotatable bonds is 10. The third kappa shape index (κ3) is 6.53. The molecule has 26 heavy (non-hydrogen) atoms. The maximum absolute atomic E-state index is 10.7. The van der Waals surface area contributed by atoms with Gasteiger partial charge in [-0.25, -0.2) is 0 Å². The van der Waals surface area contributed by atoms with Crippen molar-refractivity contribution in [3.05, 3.63) is 24.8 Å². The second-order valence-corrected chi connectivity index (χ2v) is 7.82. The van der Waals surface area contributed by atoms with Crippen LogP contribution in [0, 0.1) is 17.8 Å². The first kappa shape index (κ1) is 21.1. The molecular formula is C21H34O5. The van der Waals surface area contributed by atoms with Crippen molar-refractivity contribution < 1.29 is 24.9 Å². The summed E-state index contributed by atoms with van der Waals surface area (Å²) >= 11 is 0. The zero-order chi connectivity index (χ0) is 18.9. The molecule has 0 spiro atoms. The molecule has 5 nitrogen and oxygen atoms in total. The number of aliphatic hydroxyl groups excluding tert-OH is 2. The molecule has 148 valence electrons. The fourth-order valence-electron chi connectivity index (χ4n) is 4.31. The Balaban J connectivity index is 1.84. The lowest BCUT2D eigenvalue weighted by atomic mass is 9.86. The first-order chi connectivity index (χ1) is 12.5. The molecular weight excluding hydrogens is 332 g/mol. The van der Waals surface area contributed by atoms with Crippen molar-refractivity contribution in [2.75, 3.05) is 6.61 Å². The molecule has 1 heterocycles. The Bertz CT molecular complexity index is 475. The van der Waals surface area contributed by atoms with Gasteiger partial charge in [0.05, 0.1) is 18.3 Å². The van der Waals surface area contributed by atoms with E-state index in [1.54, 1.807) is 0 Å². The van der Waals surface area contributed by atoms with Crippen LogP contribution in [0.5, 0.6) is 0 Å². The highest BCUT2D eigenvalue weighted by Gasteiger charge is 2.43. The van der Waals surface area contributed by atoms with Crippen LogP contribution in [0.1, 0.15) is 57.8 Å². The fourth-order valence-corrected chi connectivity index (χ4v) is 4.31. The van der Waals surface area contributed by atoms with E-state index in [0.717, 1.165) is 32.1 Å². The molecule has 1 aliphatic heterocycles. The summed E-state index contributed by atoms with van der Waals surface area (Å²) in [5.41, 5.74) is 0. The van der Waals surface area contributed by atoms with Gasteiger partial charge in [-0.3, -0.25) is 4.79 Å². The van der Waals surface area contributed by atoms with E-state index < -0.39 is 18.2 Å². The summed E-state index contributed by atoms with van der Waals surface area (Å²) in [6, 6.07) is 0. The topological polar surface area (TPSA) is 87.0 Å². The summed E-state index contributed by atoms with van der Waals surface area (Å²) in [6.45, 7) is 4.35. The van der Waals surface area contributed by atoms with Crippen molar-refractivity contribution in [2.45, 2.75) is 76.1 Å². The minimum atomic E-state index is -0.739. The lowest BCUT2D eigenvalue weighted by Crippen LogP contribution is -2.21. The van der Waals surface area contributed by atoms with Gasteiger partial charge in [0.15, 0.2) is 0 Å². The van der Waals surface area contributed by atoms with Crippen molar-refractivity contribution in [2.24, 2.45) is 17.8 Å². The van der Waals surface area contributed by atoms with Crippen LogP contribution in [0.15, 0.2) is 24.8 Å². The second-order valence-electron chi connectivity index (χ2n) is 7.82. The minimum Gasteiger partial charge on any atom is -0.481 e. The van der Waals surface area contributed by atoms with Crippen LogP contribution < -0.4 is 0 Å². The van der Waals surface area contributed by atoms with Crippen LogP contribution in [0.2, 0.25) is 0 Å². The van der Waals surface area contributed by atoms with Crippen molar-refractivity contribution in [1.82, 2.24) is 0 Å². The Morgan fingerprint density at radius 1 is 1.31 bits per heavy atom. The van der Waals surface area contributed by atoms with Crippen LogP contribution in [-0.2, 0) is 9.53 Å². The summed E-state index contributed by atoms with van der Waals surface area (Å²) in [4.78, 5) is 10.7. The molecule has 5 heteroatoms.